The highest BCUT2D eigenvalue weighted by Gasteiger charge is 2.28. The van der Waals surface area contributed by atoms with Crippen LogP contribution in [0.1, 0.15) is 11.1 Å². The van der Waals surface area contributed by atoms with Crippen molar-refractivity contribution in [2.24, 2.45) is 0 Å². The third-order valence-corrected chi connectivity index (χ3v) is 7.55. The number of aromatic nitrogens is 2. The summed E-state index contributed by atoms with van der Waals surface area (Å²) in [6.07, 6.45) is 5.24. The fraction of sp³-hybridized carbons (Fsp3) is 0.185. The summed E-state index contributed by atoms with van der Waals surface area (Å²) in [5.41, 5.74) is 3.16. The van der Waals surface area contributed by atoms with E-state index in [-0.39, 0.29) is 17.2 Å². The Morgan fingerprint density at radius 1 is 0.973 bits per heavy atom. The zero-order valence-electron chi connectivity index (χ0n) is 20.8. The number of carbonyl (C=O) groups is 1. The van der Waals surface area contributed by atoms with Crippen molar-refractivity contribution in [1.82, 2.24) is 14.9 Å². The Kier molecular flexibility index (Phi) is 7.78. The molecule has 1 N–H and O–H groups in total. The summed E-state index contributed by atoms with van der Waals surface area (Å²) in [6.45, 7) is 1.76. The van der Waals surface area contributed by atoms with Crippen LogP contribution in [0.4, 0.5) is 5.69 Å². The maximum Gasteiger partial charge on any atom is 0.264 e. The van der Waals surface area contributed by atoms with E-state index in [0.717, 1.165) is 21.1 Å². The molecule has 0 spiro atoms. The molecule has 0 aliphatic rings. The predicted octanol–water partition coefficient (Wildman–Crippen LogP) is 3.71. The van der Waals surface area contributed by atoms with Gasteiger partial charge in [0.15, 0.2) is 11.5 Å². The topological polar surface area (TPSA) is 103 Å². The number of benzene rings is 3. The molecule has 0 bridgehead atoms. The van der Waals surface area contributed by atoms with Gasteiger partial charge in [-0.1, -0.05) is 29.8 Å². The van der Waals surface area contributed by atoms with E-state index in [1.54, 1.807) is 36.8 Å². The molecule has 3 aromatic carbocycles. The van der Waals surface area contributed by atoms with Crippen LogP contribution < -0.4 is 19.1 Å². The molecule has 0 saturated carbocycles. The molecule has 0 aliphatic carbocycles. The molecule has 37 heavy (non-hydrogen) atoms. The van der Waals surface area contributed by atoms with Crippen molar-refractivity contribution in [1.29, 1.82) is 0 Å². The summed E-state index contributed by atoms with van der Waals surface area (Å²) in [5, 5.41) is 2.82. The number of sulfonamides is 1. The maximum absolute atomic E-state index is 13.7. The second-order valence-corrected chi connectivity index (χ2v) is 10.1. The monoisotopic (exact) mass is 520 g/mol. The first-order valence-corrected chi connectivity index (χ1v) is 12.9. The lowest BCUT2D eigenvalue weighted by molar-refractivity contribution is -0.119. The first kappa shape index (κ1) is 25.8. The van der Waals surface area contributed by atoms with Gasteiger partial charge in [0.25, 0.3) is 10.0 Å². The van der Waals surface area contributed by atoms with Crippen molar-refractivity contribution in [2.75, 3.05) is 25.1 Å². The van der Waals surface area contributed by atoms with Gasteiger partial charge in [-0.05, 0) is 48.9 Å². The van der Waals surface area contributed by atoms with Gasteiger partial charge < -0.3 is 19.4 Å². The summed E-state index contributed by atoms with van der Waals surface area (Å²) >= 11 is 0. The number of hydrogen-bond donors (Lipinski definition) is 1. The second-order valence-electron chi connectivity index (χ2n) is 8.28. The van der Waals surface area contributed by atoms with E-state index < -0.39 is 22.5 Å². The van der Waals surface area contributed by atoms with Gasteiger partial charge in [-0.2, -0.15) is 0 Å². The van der Waals surface area contributed by atoms with Crippen LogP contribution >= 0.6 is 0 Å². The lowest BCUT2D eigenvalue weighted by atomic mass is 10.2. The molecular formula is C27H28N4O5S. The Morgan fingerprint density at radius 3 is 2.30 bits per heavy atom. The van der Waals surface area contributed by atoms with Gasteiger partial charge in [0.1, 0.15) is 6.54 Å². The van der Waals surface area contributed by atoms with Gasteiger partial charge in [0, 0.05) is 30.7 Å². The molecule has 9 nitrogen and oxygen atoms in total. The molecular weight excluding hydrogens is 492 g/mol. The van der Waals surface area contributed by atoms with Crippen LogP contribution in [0.5, 0.6) is 11.5 Å². The van der Waals surface area contributed by atoms with Crippen LogP contribution in [0.25, 0.3) is 5.69 Å². The quantitative estimate of drug-likeness (QED) is 0.342. The highest BCUT2D eigenvalue weighted by molar-refractivity contribution is 7.92. The van der Waals surface area contributed by atoms with Crippen molar-refractivity contribution in [3.8, 4) is 17.2 Å². The number of methoxy groups -OCH3 is 2. The number of hydrogen-bond acceptors (Lipinski definition) is 6. The second kappa shape index (κ2) is 11.2. The summed E-state index contributed by atoms with van der Waals surface area (Å²) in [7, 11) is -1.20. The van der Waals surface area contributed by atoms with Gasteiger partial charge in [-0.25, -0.2) is 13.4 Å². The Labute approximate surface area is 216 Å². The SMILES string of the molecule is COc1ccc(S(=O)(=O)N(CC(=O)NCc2ccc(-n3ccnc3)cc2)c2ccc(C)cc2)cc1OC. The largest absolute Gasteiger partial charge is 0.493 e. The lowest BCUT2D eigenvalue weighted by Gasteiger charge is -2.24. The maximum atomic E-state index is 13.7. The minimum Gasteiger partial charge on any atom is -0.493 e. The minimum absolute atomic E-state index is 0.0198. The number of ether oxygens (including phenoxy) is 2. The number of rotatable bonds is 10. The van der Waals surface area contributed by atoms with Crippen LogP contribution in [0, 0.1) is 6.92 Å². The van der Waals surface area contributed by atoms with E-state index in [2.05, 4.69) is 10.3 Å². The minimum atomic E-state index is -4.11. The van der Waals surface area contributed by atoms with Crippen LogP contribution in [0.15, 0.2) is 90.3 Å². The number of amides is 1. The number of nitrogens with one attached hydrogen (secondary N) is 1. The summed E-state index contributed by atoms with van der Waals surface area (Å²) in [4.78, 5) is 17.0. The van der Waals surface area contributed by atoms with E-state index in [0.29, 0.717) is 11.4 Å². The summed E-state index contributed by atoms with van der Waals surface area (Å²) in [5.74, 6) is 0.236. The van der Waals surface area contributed by atoms with E-state index in [4.69, 9.17) is 9.47 Å². The first-order valence-electron chi connectivity index (χ1n) is 11.5. The third-order valence-electron chi connectivity index (χ3n) is 5.78. The van der Waals surface area contributed by atoms with Gasteiger partial charge in [0.05, 0.1) is 31.1 Å². The normalized spacial score (nSPS) is 11.1. The molecule has 1 heterocycles. The predicted molar refractivity (Wildman–Crippen MR) is 141 cm³/mol. The highest BCUT2D eigenvalue weighted by Crippen LogP contribution is 2.32. The molecule has 192 valence electrons. The van der Waals surface area contributed by atoms with Gasteiger partial charge in [-0.15, -0.1) is 0 Å². The van der Waals surface area contributed by atoms with Crippen LogP contribution in [-0.2, 0) is 21.4 Å². The number of anilines is 1. The summed E-state index contributed by atoms with van der Waals surface area (Å²) < 4.78 is 40.8. The molecule has 0 atom stereocenters. The molecule has 0 unspecified atom stereocenters. The van der Waals surface area contributed by atoms with Crippen molar-refractivity contribution in [3.63, 3.8) is 0 Å². The van der Waals surface area contributed by atoms with Crippen LogP contribution in [-0.4, -0.2) is 44.6 Å². The zero-order valence-corrected chi connectivity index (χ0v) is 21.6. The molecule has 0 fully saturated rings. The molecule has 1 amide bonds. The number of aryl methyl sites for hydroxylation is 1. The van der Waals surface area contributed by atoms with E-state index in [1.165, 1.54) is 32.4 Å². The molecule has 0 saturated heterocycles. The molecule has 4 rings (SSSR count). The highest BCUT2D eigenvalue weighted by atomic mass is 32.2. The molecule has 0 aliphatic heterocycles. The molecule has 1 aromatic heterocycles. The van der Waals surface area contributed by atoms with Crippen molar-refractivity contribution < 1.29 is 22.7 Å². The van der Waals surface area contributed by atoms with Crippen LogP contribution in [0.3, 0.4) is 0 Å². The van der Waals surface area contributed by atoms with Crippen molar-refractivity contribution >= 4 is 21.6 Å². The molecule has 0 radical (unpaired) electrons. The van der Waals surface area contributed by atoms with Gasteiger partial charge in [-0.3, -0.25) is 9.10 Å². The average Bonchev–Trinajstić information content (AvgIpc) is 3.46. The Balaban J connectivity index is 1.54. The Morgan fingerprint density at radius 2 is 1.68 bits per heavy atom. The third kappa shape index (κ3) is 5.92. The van der Waals surface area contributed by atoms with Crippen molar-refractivity contribution in [3.05, 3.63) is 96.6 Å². The van der Waals surface area contributed by atoms with E-state index in [9.17, 15) is 13.2 Å². The standard InChI is InChI=1S/C27H28N4O5S/c1-20-4-8-23(9-5-20)31(37(33,34)24-12-13-25(35-2)26(16-24)36-3)18-27(32)29-17-21-6-10-22(11-7-21)30-15-14-28-19-30/h4-16,19H,17-18H2,1-3H3,(H,29,32). The average molecular weight is 521 g/mol. The molecule has 10 heteroatoms. The summed E-state index contributed by atoms with van der Waals surface area (Å²) in [6, 6.07) is 18.9. The van der Waals surface area contributed by atoms with E-state index >= 15 is 0 Å². The first-order chi connectivity index (χ1) is 17.8. The number of carbonyl (C=O) groups excluding carboxylic acids is 1. The van der Waals surface area contributed by atoms with Crippen molar-refractivity contribution in [2.45, 2.75) is 18.4 Å². The lowest BCUT2D eigenvalue weighted by Crippen LogP contribution is -2.40. The Hall–Kier alpha value is -4.31. The fourth-order valence-electron chi connectivity index (χ4n) is 3.72. The van der Waals surface area contributed by atoms with Crippen LogP contribution in [0.2, 0.25) is 0 Å². The smallest absolute Gasteiger partial charge is 0.264 e. The fourth-order valence-corrected chi connectivity index (χ4v) is 5.15. The van der Waals surface area contributed by atoms with Gasteiger partial charge >= 0.3 is 0 Å². The number of imidazole rings is 1. The van der Waals surface area contributed by atoms with E-state index in [1.807, 2.05) is 42.0 Å². The number of nitrogens with zero attached hydrogens (tertiary/aromatic N) is 3. The zero-order chi connectivity index (χ0) is 26.4. The van der Waals surface area contributed by atoms with Gasteiger partial charge in [0.2, 0.25) is 5.91 Å². The molecule has 4 aromatic rings. The Bertz CT molecular complexity index is 1450.